The zero-order valence-corrected chi connectivity index (χ0v) is 18.2. The molecule has 0 aliphatic rings. The molecule has 0 aliphatic carbocycles. The van der Waals surface area contributed by atoms with E-state index < -0.39 is 0 Å². The molecule has 0 N–H and O–H groups in total. The molecule has 0 saturated heterocycles. The lowest BCUT2D eigenvalue weighted by Crippen LogP contribution is -1.92. The summed E-state index contributed by atoms with van der Waals surface area (Å²) in [5.41, 5.74) is 4.07. The van der Waals surface area contributed by atoms with Gasteiger partial charge in [0.2, 0.25) is 0 Å². The first-order chi connectivity index (χ1) is 14.7. The molecule has 0 atom stereocenters. The van der Waals surface area contributed by atoms with Crippen molar-refractivity contribution in [1.82, 2.24) is 0 Å². The lowest BCUT2D eigenvalue weighted by Gasteiger charge is -2.06. The van der Waals surface area contributed by atoms with Gasteiger partial charge in [-0.15, -0.1) is 0 Å². The Morgan fingerprint density at radius 3 is 2.37 bits per heavy atom. The number of fused-ring (bicyclic) bond motifs is 1. The van der Waals surface area contributed by atoms with E-state index in [4.69, 9.17) is 0 Å². The third kappa shape index (κ3) is 6.07. The predicted octanol–water partition coefficient (Wildman–Crippen LogP) is 8.01. The third-order valence-electron chi connectivity index (χ3n) is 5.47. The van der Waals surface area contributed by atoms with Crippen LogP contribution in [0.3, 0.4) is 0 Å². The summed E-state index contributed by atoms with van der Waals surface area (Å²) in [6.07, 6.45) is 11.9. The minimum absolute atomic E-state index is 0.106. The van der Waals surface area contributed by atoms with Gasteiger partial charge in [-0.25, -0.2) is 4.39 Å². The Bertz CT molecular complexity index is 1050. The second-order valence-electron chi connectivity index (χ2n) is 7.84. The maximum absolute atomic E-state index is 14.8. The van der Waals surface area contributed by atoms with Crippen molar-refractivity contribution < 1.29 is 4.39 Å². The summed E-state index contributed by atoms with van der Waals surface area (Å²) < 4.78 is 14.8. The smallest absolute Gasteiger partial charge is 0.134 e. The zero-order chi connectivity index (χ0) is 21.2. The molecule has 3 rings (SSSR count). The highest BCUT2D eigenvalue weighted by Gasteiger charge is 2.07. The van der Waals surface area contributed by atoms with Crippen LogP contribution in [0.5, 0.6) is 0 Å². The van der Waals surface area contributed by atoms with Crippen molar-refractivity contribution in [2.24, 2.45) is 0 Å². The van der Waals surface area contributed by atoms with Gasteiger partial charge in [-0.1, -0.05) is 80.5 Å². The molecule has 0 nitrogen and oxygen atoms in total. The number of aryl methyl sites for hydroxylation is 2. The van der Waals surface area contributed by atoms with Crippen LogP contribution in [0.4, 0.5) is 4.39 Å². The van der Waals surface area contributed by atoms with Crippen LogP contribution in [0, 0.1) is 17.7 Å². The third-order valence-corrected chi connectivity index (χ3v) is 5.47. The number of unbranched alkanes of at least 4 members (excludes halogenated alkanes) is 3. The lowest BCUT2D eigenvalue weighted by molar-refractivity contribution is 0.621. The molecular formula is C29H31F. The first-order valence-electron chi connectivity index (χ1n) is 11.1. The van der Waals surface area contributed by atoms with Crippen molar-refractivity contribution >= 4 is 10.8 Å². The van der Waals surface area contributed by atoms with Gasteiger partial charge in [-0.05, 0) is 73.4 Å². The first kappa shape index (κ1) is 21.8. The lowest BCUT2D eigenvalue weighted by atomic mass is 10.0. The number of benzene rings is 3. The van der Waals surface area contributed by atoms with Crippen molar-refractivity contribution in [2.75, 3.05) is 0 Å². The fraction of sp³-hybridized carbons (Fsp3) is 0.310. The molecule has 0 unspecified atom stereocenters. The summed E-state index contributed by atoms with van der Waals surface area (Å²) >= 11 is 0. The van der Waals surface area contributed by atoms with E-state index >= 15 is 0 Å². The molecule has 0 saturated carbocycles. The summed E-state index contributed by atoms with van der Waals surface area (Å²) in [5.74, 6) is 6.36. The van der Waals surface area contributed by atoms with E-state index in [2.05, 4.69) is 49.1 Å². The minimum atomic E-state index is -0.106. The Labute approximate surface area is 180 Å². The summed E-state index contributed by atoms with van der Waals surface area (Å²) in [4.78, 5) is 0. The summed E-state index contributed by atoms with van der Waals surface area (Å²) in [7, 11) is 0. The SMILES string of the molecule is C/C=C/CCc1ccc2cc(C#Cc3ccc(CCCCCC)cc3)ccc2c1F. The molecule has 0 aliphatic heterocycles. The van der Waals surface area contributed by atoms with Gasteiger partial charge in [0.1, 0.15) is 5.82 Å². The van der Waals surface area contributed by atoms with Gasteiger partial charge in [-0.3, -0.25) is 0 Å². The van der Waals surface area contributed by atoms with Gasteiger partial charge in [0.05, 0.1) is 0 Å². The van der Waals surface area contributed by atoms with E-state index in [1.807, 2.05) is 43.3 Å². The Balaban J connectivity index is 1.69. The Morgan fingerprint density at radius 2 is 1.60 bits per heavy atom. The highest BCUT2D eigenvalue weighted by atomic mass is 19.1. The zero-order valence-electron chi connectivity index (χ0n) is 18.2. The van der Waals surface area contributed by atoms with Crippen LogP contribution < -0.4 is 0 Å². The van der Waals surface area contributed by atoms with Crippen molar-refractivity contribution in [2.45, 2.75) is 58.8 Å². The van der Waals surface area contributed by atoms with E-state index in [-0.39, 0.29) is 5.82 Å². The quantitative estimate of drug-likeness (QED) is 0.205. The van der Waals surface area contributed by atoms with E-state index in [0.717, 1.165) is 41.3 Å². The molecule has 3 aromatic rings. The number of allylic oxidation sites excluding steroid dienone is 2. The molecule has 30 heavy (non-hydrogen) atoms. The molecule has 1 heteroatoms. The molecule has 0 amide bonds. The molecule has 0 heterocycles. The number of hydrogen-bond acceptors (Lipinski definition) is 0. The van der Waals surface area contributed by atoms with E-state index in [1.54, 1.807) is 0 Å². The second kappa shape index (κ2) is 11.4. The van der Waals surface area contributed by atoms with Crippen molar-refractivity contribution in [1.29, 1.82) is 0 Å². The second-order valence-corrected chi connectivity index (χ2v) is 7.84. The monoisotopic (exact) mass is 398 g/mol. The highest BCUT2D eigenvalue weighted by Crippen LogP contribution is 2.23. The molecule has 3 aromatic carbocycles. The maximum Gasteiger partial charge on any atom is 0.134 e. The van der Waals surface area contributed by atoms with Gasteiger partial charge in [0.15, 0.2) is 0 Å². The van der Waals surface area contributed by atoms with Crippen molar-refractivity contribution in [3.05, 3.63) is 94.8 Å². The number of rotatable bonds is 8. The fourth-order valence-electron chi connectivity index (χ4n) is 3.67. The average molecular weight is 399 g/mol. The molecular weight excluding hydrogens is 367 g/mol. The molecule has 154 valence electrons. The maximum atomic E-state index is 14.8. The van der Waals surface area contributed by atoms with Gasteiger partial charge < -0.3 is 0 Å². The summed E-state index contributed by atoms with van der Waals surface area (Å²) in [5, 5.41) is 1.57. The number of hydrogen-bond donors (Lipinski definition) is 0. The van der Waals surface area contributed by atoms with E-state index in [9.17, 15) is 4.39 Å². The summed E-state index contributed by atoms with van der Waals surface area (Å²) in [6, 6.07) is 18.2. The van der Waals surface area contributed by atoms with Crippen LogP contribution in [-0.4, -0.2) is 0 Å². The normalized spacial score (nSPS) is 11.0. The van der Waals surface area contributed by atoms with Crippen LogP contribution in [0.1, 0.15) is 68.2 Å². The van der Waals surface area contributed by atoms with Gasteiger partial charge in [0.25, 0.3) is 0 Å². The molecule has 0 radical (unpaired) electrons. The molecule has 0 spiro atoms. The Morgan fingerprint density at radius 1 is 0.833 bits per heavy atom. The molecule has 0 fully saturated rings. The van der Waals surface area contributed by atoms with E-state index in [1.165, 1.54) is 31.2 Å². The van der Waals surface area contributed by atoms with Crippen molar-refractivity contribution in [3.8, 4) is 11.8 Å². The van der Waals surface area contributed by atoms with Crippen LogP contribution >= 0.6 is 0 Å². The predicted molar refractivity (Wildman–Crippen MR) is 127 cm³/mol. The van der Waals surface area contributed by atoms with Crippen LogP contribution in [0.2, 0.25) is 0 Å². The standard InChI is InChI=1S/C29H31F/c1-3-5-7-9-10-23-12-14-24(15-13-23)16-17-25-18-21-28-27(22-25)20-19-26(29(28)30)11-8-6-4-2/h4,6,12-15,18-22H,3,5,7-11H2,1-2H3/b6-4+. The van der Waals surface area contributed by atoms with E-state index in [0.29, 0.717) is 5.39 Å². The van der Waals surface area contributed by atoms with Gasteiger partial charge in [-0.2, -0.15) is 0 Å². The van der Waals surface area contributed by atoms with Crippen LogP contribution in [0.15, 0.2) is 66.7 Å². The Hall–Kier alpha value is -2.85. The molecule has 0 bridgehead atoms. The topological polar surface area (TPSA) is 0 Å². The highest BCUT2D eigenvalue weighted by molar-refractivity contribution is 5.85. The largest absolute Gasteiger partial charge is 0.206 e. The molecule has 0 aromatic heterocycles. The average Bonchev–Trinajstić information content (AvgIpc) is 2.78. The first-order valence-corrected chi connectivity index (χ1v) is 11.1. The minimum Gasteiger partial charge on any atom is -0.206 e. The number of halogens is 1. The summed E-state index contributed by atoms with van der Waals surface area (Å²) in [6.45, 7) is 4.23. The van der Waals surface area contributed by atoms with Crippen molar-refractivity contribution in [3.63, 3.8) is 0 Å². The van der Waals surface area contributed by atoms with Gasteiger partial charge >= 0.3 is 0 Å². The van der Waals surface area contributed by atoms with Crippen LogP contribution in [0.25, 0.3) is 10.8 Å². The van der Waals surface area contributed by atoms with Crippen LogP contribution in [-0.2, 0) is 12.8 Å². The Kier molecular flexibility index (Phi) is 8.28. The van der Waals surface area contributed by atoms with Gasteiger partial charge in [0, 0.05) is 16.5 Å². The fourth-order valence-corrected chi connectivity index (χ4v) is 3.67.